The standard InChI is InChI=1S/C12H16N4O/c1-4-14-12(17)9(3)16-11-10(7-13)8(2)5-6-15-11/h5-6,9H,4H2,1-3H3,(H,14,17)(H,15,16). The van der Waals surface area contributed by atoms with Gasteiger partial charge < -0.3 is 10.6 Å². The van der Waals surface area contributed by atoms with Crippen LogP contribution in [0.15, 0.2) is 12.3 Å². The second kappa shape index (κ2) is 5.85. The molecular weight excluding hydrogens is 216 g/mol. The molecule has 1 aromatic heterocycles. The fraction of sp³-hybridized carbons (Fsp3) is 0.417. The monoisotopic (exact) mass is 232 g/mol. The van der Waals surface area contributed by atoms with Crippen LogP contribution in [0.2, 0.25) is 0 Å². The third-order valence-electron chi connectivity index (χ3n) is 2.37. The first-order valence-electron chi connectivity index (χ1n) is 5.50. The molecule has 0 bridgehead atoms. The summed E-state index contributed by atoms with van der Waals surface area (Å²) in [5, 5.41) is 14.7. The Bertz CT molecular complexity index is 450. The predicted molar refractivity (Wildman–Crippen MR) is 65.5 cm³/mol. The minimum Gasteiger partial charge on any atom is -0.358 e. The molecule has 0 aliphatic heterocycles. The summed E-state index contributed by atoms with van der Waals surface area (Å²) in [6.07, 6.45) is 1.61. The fourth-order valence-electron chi connectivity index (χ4n) is 1.41. The van der Waals surface area contributed by atoms with Crippen molar-refractivity contribution in [2.24, 2.45) is 0 Å². The second-order valence-electron chi connectivity index (χ2n) is 3.72. The average Bonchev–Trinajstić information content (AvgIpc) is 2.29. The molecule has 0 saturated carbocycles. The zero-order valence-electron chi connectivity index (χ0n) is 10.2. The first-order valence-corrected chi connectivity index (χ1v) is 5.50. The third kappa shape index (κ3) is 3.18. The molecule has 0 aliphatic carbocycles. The molecule has 1 unspecified atom stereocenters. The van der Waals surface area contributed by atoms with Gasteiger partial charge in [-0.15, -0.1) is 0 Å². The number of amides is 1. The third-order valence-corrected chi connectivity index (χ3v) is 2.37. The van der Waals surface area contributed by atoms with Crippen LogP contribution >= 0.6 is 0 Å². The maximum Gasteiger partial charge on any atom is 0.242 e. The largest absolute Gasteiger partial charge is 0.358 e. The van der Waals surface area contributed by atoms with E-state index in [1.165, 1.54) is 0 Å². The van der Waals surface area contributed by atoms with E-state index in [2.05, 4.69) is 21.7 Å². The van der Waals surface area contributed by atoms with E-state index in [9.17, 15) is 4.79 Å². The lowest BCUT2D eigenvalue weighted by molar-refractivity contribution is -0.121. The number of aromatic nitrogens is 1. The van der Waals surface area contributed by atoms with Crippen molar-refractivity contribution in [3.8, 4) is 6.07 Å². The lowest BCUT2D eigenvalue weighted by Gasteiger charge is -2.15. The van der Waals surface area contributed by atoms with E-state index >= 15 is 0 Å². The molecule has 1 amide bonds. The summed E-state index contributed by atoms with van der Waals surface area (Å²) in [7, 11) is 0. The van der Waals surface area contributed by atoms with E-state index in [0.29, 0.717) is 17.9 Å². The molecule has 1 atom stereocenters. The molecule has 17 heavy (non-hydrogen) atoms. The highest BCUT2D eigenvalue weighted by Gasteiger charge is 2.14. The molecule has 1 heterocycles. The lowest BCUT2D eigenvalue weighted by atomic mass is 10.1. The first-order chi connectivity index (χ1) is 8.10. The van der Waals surface area contributed by atoms with Crippen LogP contribution in [0.1, 0.15) is 25.0 Å². The Labute approximate surface area is 101 Å². The molecule has 0 fully saturated rings. The molecule has 0 spiro atoms. The molecule has 5 nitrogen and oxygen atoms in total. The fourth-order valence-corrected chi connectivity index (χ4v) is 1.41. The number of aryl methyl sites for hydroxylation is 1. The molecule has 0 radical (unpaired) electrons. The molecule has 0 aliphatic rings. The van der Waals surface area contributed by atoms with Crippen LogP contribution in [0, 0.1) is 18.3 Å². The van der Waals surface area contributed by atoms with Gasteiger partial charge in [-0.2, -0.15) is 5.26 Å². The Hall–Kier alpha value is -2.09. The van der Waals surface area contributed by atoms with Gasteiger partial charge in [-0.3, -0.25) is 4.79 Å². The van der Waals surface area contributed by atoms with Gasteiger partial charge in [0.25, 0.3) is 0 Å². The summed E-state index contributed by atoms with van der Waals surface area (Å²) >= 11 is 0. The van der Waals surface area contributed by atoms with E-state index in [1.54, 1.807) is 19.2 Å². The van der Waals surface area contributed by atoms with Crippen molar-refractivity contribution in [1.29, 1.82) is 5.26 Å². The summed E-state index contributed by atoms with van der Waals surface area (Å²) < 4.78 is 0. The van der Waals surface area contributed by atoms with Crippen LogP contribution < -0.4 is 10.6 Å². The number of anilines is 1. The smallest absolute Gasteiger partial charge is 0.242 e. The average molecular weight is 232 g/mol. The second-order valence-corrected chi connectivity index (χ2v) is 3.72. The number of pyridine rings is 1. The lowest BCUT2D eigenvalue weighted by Crippen LogP contribution is -2.37. The molecule has 90 valence electrons. The van der Waals surface area contributed by atoms with Crippen LogP contribution in [-0.4, -0.2) is 23.5 Å². The predicted octanol–water partition coefficient (Wildman–Crippen LogP) is 1.20. The molecule has 0 saturated heterocycles. The number of carbonyl (C=O) groups is 1. The molecular formula is C12H16N4O. The molecule has 0 aromatic carbocycles. The number of rotatable bonds is 4. The number of nitrogens with one attached hydrogen (secondary N) is 2. The Morgan fingerprint density at radius 1 is 1.65 bits per heavy atom. The highest BCUT2D eigenvalue weighted by Crippen LogP contribution is 2.15. The van der Waals surface area contributed by atoms with Crippen molar-refractivity contribution in [3.63, 3.8) is 0 Å². The number of nitrogens with zero attached hydrogens (tertiary/aromatic N) is 2. The first kappa shape index (κ1) is 13.0. The Morgan fingerprint density at radius 2 is 2.35 bits per heavy atom. The summed E-state index contributed by atoms with van der Waals surface area (Å²) in [6, 6.07) is 3.43. The molecule has 2 N–H and O–H groups in total. The van der Waals surface area contributed by atoms with Crippen LogP contribution in [0.5, 0.6) is 0 Å². The van der Waals surface area contributed by atoms with Gasteiger partial charge in [0, 0.05) is 12.7 Å². The van der Waals surface area contributed by atoms with Crippen LogP contribution in [0.4, 0.5) is 5.82 Å². The van der Waals surface area contributed by atoms with Crippen molar-refractivity contribution in [2.45, 2.75) is 26.8 Å². The van der Waals surface area contributed by atoms with Crippen molar-refractivity contribution >= 4 is 11.7 Å². The van der Waals surface area contributed by atoms with Crippen molar-refractivity contribution in [1.82, 2.24) is 10.3 Å². The zero-order chi connectivity index (χ0) is 12.8. The quantitative estimate of drug-likeness (QED) is 0.817. The summed E-state index contributed by atoms with van der Waals surface area (Å²) in [5.41, 5.74) is 1.32. The topological polar surface area (TPSA) is 77.8 Å². The Kier molecular flexibility index (Phi) is 4.46. The van der Waals surface area contributed by atoms with Gasteiger partial charge >= 0.3 is 0 Å². The van der Waals surface area contributed by atoms with E-state index in [0.717, 1.165) is 5.56 Å². The van der Waals surface area contributed by atoms with Gasteiger partial charge in [0.1, 0.15) is 17.9 Å². The van der Waals surface area contributed by atoms with E-state index in [1.807, 2.05) is 13.8 Å². The van der Waals surface area contributed by atoms with Gasteiger partial charge in [-0.1, -0.05) is 0 Å². The summed E-state index contributed by atoms with van der Waals surface area (Å²) in [4.78, 5) is 15.6. The van der Waals surface area contributed by atoms with Crippen molar-refractivity contribution in [3.05, 3.63) is 23.4 Å². The Morgan fingerprint density at radius 3 is 2.94 bits per heavy atom. The van der Waals surface area contributed by atoms with Gasteiger partial charge in [0.15, 0.2) is 0 Å². The summed E-state index contributed by atoms with van der Waals surface area (Å²) in [5.74, 6) is 0.339. The number of hydrogen-bond donors (Lipinski definition) is 2. The normalized spacial score (nSPS) is 11.4. The molecule has 1 rings (SSSR count). The number of carbonyl (C=O) groups excluding carboxylic acids is 1. The SMILES string of the molecule is CCNC(=O)C(C)Nc1nccc(C)c1C#N. The Balaban J connectivity index is 2.86. The van der Waals surface area contributed by atoms with E-state index in [-0.39, 0.29) is 5.91 Å². The van der Waals surface area contributed by atoms with Gasteiger partial charge in [-0.25, -0.2) is 4.98 Å². The summed E-state index contributed by atoms with van der Waals surface area (Å²) in [6.45, 7) is 6.01. The van der Waals surface area contributed by atoms with E-state index in [4.69, 9.17) is 5.26 Å². The van der Waals surface area contributed by atoms with Crippen LogP contribution in [0.25, 0.3) is 0 Å². The maximum absolute atomic E-state index is 11.5. The van der Waals surface area contributed by atoms with Gasteiger partial charge in [0.05, 0.1) is 5.56 Å². The maximum atomic E-state index is 11.5. The van der Waals surface area contributed by atoms with Crippen LogP contribution in [-0.2, 0) is 4.79 Å². The van der Waals surface area contributed by atoms with Crippen LogP contribution in [0.3, 0.4) is 0 Å². The van der Waals surface area contributed by atoms with E-state index < -0.39 is 6.04 Å². The van der Waals surface area contributed by atoms with Crippen molar-refractivity contribution in [2.75, 3.05) is 11.9 Å². The highest BCUT2D eigenvalue weighted by molar-refractivity contribution is 5.84. The zero-order valence-corrected chi connectivity index (χ0v) is 10.2. The number of hydrogen-bond acceptors (Lipinski definition) is 4. The minimum absolute atomic E-state index is 0.111. The number of nitriles is 1. The van der Waals surface area contributed by atoms with Crippen molar-refractivity contribution < 1.29 is 4.79 Å². The molecule has 1 aromatic rings. The highest BCUT2D eigenvalue weighted by atomic mass is 16.2. The number of likely N-dealkylation sites (N-methyl/N-ethyl adjacent to an activating group) is 1. The van der Waals surface area contributed by atoms with Gasteiger partial charge in [-0.05, 0) is 32.4 Å². The minimum atomic E-state index is -0.420. The van der Waals surface area contributed by atoms with Gasteiger partial charge in [0.2, 0.25) is 5.91 Å². The molecule has 5 heteroatoms.